The largest absolute Gasteiger partial charge is 0.351 e. The van der Waals surface area contributed by atoms with E-state index in [1.54, 1.807) is 18.3 Å². The van der Waals surface area contributed by atoms with Gasteiger partial charge in [0.05, 0.1) is 0 Å². The topological polar surface area (TPSA) is 42.0 Å². The lowest BCUT2D eigenvalue weighted by Crippen LogP contribution is -2.25. The highest BCUT2D eigenvalue weighted by Gasteiger charge is 2.04. The predicted molar refractivity (Wildman–Crippen MR) is 64.2 cm³/mol. The first kappa shape index (κ1) is 12.5. The molecule has 0 aliphatic carbocycles. The van der Waals surface area contributed by atoms with Gasteiger partial charge in [0.25, 0.3) is 5.91 Å². The first-order chi connectivity index (χ1) is 7.24. The zero-order valence-corrected chi connectivity index (χ0v) is 10.5. The summed E-state index contributed by atoms with van der Waals surface area (Å²) in [6.07, 6.45) is 3.41. The Morgan fingerprint density at radius 2 is 2.27 bits per heavy atom. The van der Waals surface area contributed by atoms with E-state index in [1.165, 1.54) is 0 Å². The summed E-state index contributed by atoms with van der Waals surface area (Å²) in [6.45, 7) is 0.642. The highest BCUT2D eigenvalue weighted by molar-refractivity contribution is 9.10. The molecule has 0 aliphatic rings. The van der Waals surface area contributed by atoms with Gasteiger partial charge in [-0.2, -0.15) is 0 Å². The molecule has 0 unspecified atom stereocenters. The summed E-state index contributed by atoms with van der Waals surface area (Å²) < 4.78 is 0.862. The minimum atomic E-state index is -0.142. The fraction of sp³-hybridized carbons (Fsp3) is 0.400. The van der Waals surface area contributed by atoms with Gasteiger partial charge >= 0.3 is 0 Å². The van der Waals surface area contributed by atoms with Gasteiger partial charge in [0, 0.05) is 23.1 Å². The van der Waals surface area contributed by atoms with E-state index in [-0.39, 0.29) is 5.91 Å². The number of hydrogen-bond donors (Lipinski definition) is 1. The van der Waals surface area contributed by atoms with Crippen molar-refractivity contribution in [1.29, 1.82) is 0 Å². The van der Waals surface area contributed by atoms with Gasteiger partial charge in [-0.1, -0.05) is 0 Å². The van der Waals surface area contributed by atoms with Crippen LogP contribution in [0.3, 0.4) is 0 Å². The second kappa shape index (κ2) is 6.80. The van der Waals surface area contributed by atoms with Crippen LogP contribution in [0, 0.1) is 0 Å². The summed E-state index contributed by atoms with van der Waals surface area (Å²) >= 11 is 8.78. The molecule has 1 aromatic heterocycles. The van der Waals surface area contributed by atoms with Crippen LogP contribution in [0.2, 0.25) is 0 Å². The van der Waals surface area contributed by atoms with Gasteiger partial charge in [-0.05, 0) is 40.9 Å². The van der Waals surface area contributed by atoms with Crippen LogP contribution in [0.5, 0.6) is 0 Å². The normalized spacial score (nSPS) is 10.0. The summed E-state index contributed by atoms with van der Waals surface area (Å²) in [5, 5.41) is 2.78. The minimum absolute atomic E-state index is 0.142. The molecule has 3 nitrogen and oxygen atoms in total. The molecule has 0 aromatic carbocycles. The third kappa shape index (κ3) is 4.62. The summed E-state index contributed by atoms with van der Waals surface area (Å²) in [4.78, 5) is 15.5. The highest BCUT2D eigenvalue weighted by atomic mass is 79.9. The Kier molecular flexibility index (Phi) is 5.65. The van der Waals surface area contributed by atoms with Crippen molar-refractivity contribution in [2.75, 3.05) is 12.4 Å². The van der Waals surface area contributed by atoms with Crippen LogP contribution in [0.25, 0.3) is 0 Å². The third-order valence-electron chi connectivity index (χ3n) is 1.81. The number of aromatic nitrogens is 1. The van der Waals surface area contributed by atoms with E-state index in [2.05, 4.69) is 26.2 Å². The van der Waals surface area contributed by atoms with Crippen molar-refractivity contribution in [2.45, 2.75) is 12.8 Å². The predicted octanol–water partition coefficient (Wildman–Crippen LogP) is 2.59. The molecule has 1 heterocycles. The third-order valence-corrected chi connectivity index (χ3v) is 2.54. The highest BCUT2D eigenvalue weighted by Crippen LogP contribution is 2.07. The molecule has 0 radical (unpaired) electrons. The zero-order valence-electron chi connectivity index (χ0n) is 8.17. The van der Waals surface area contributed by atoms with Crippen LogP contribution in [0.4, 0.5) is 0 Å². The summed E-state index contributed by atoms with van der Waals surface area (Å²) in [7, 11) is 0. The Labute approximate surface area is 102 Å². The number of unbranched alkanes of at least 4 members (excludes halogenated alkanes) is 1. The van der Waals surface area contributed by atoms with Crippen molar-refractivity contribution in [3.8, 4) is 0 Å². The Morgan fingerprint density at radius 1 is 1.47 bits per heavy atom. The standard InChI is InChI=1S/C10H12BrClN2O/c11-8-3-4-9(14-7-8)10(15)13-6-2-1-5-12/h3-4,7H,1-2,5-6H2,(H,13,15). The van der Waals surface area contributed by atoms with Crippen molar-refractivity contribution in [3.05, 3.63) is 28.5 Å². The lowest BCUT2D eigenvalue weighted by Gasteiger charge is -2.03. The molecule has 0 aliphatic heterocycles. The van der Waals surface area contributed by atoms with E-state index in [9.17, 15) is 4.79 Å². The van der Waals surface area contributed by atoms with Crippen molar-refractivity contribution in [2.24, 2.45) is 0 Å². The second-order valence-corrected chi connectivity index (χ2v) is 4.31. The van der Waals surface area contributed by atoms with Crippen molar-refractivity contribution in [3.63, 3.8) is 0 Å². The van der Waals surface area contributed by atoms with Crippen LogP contribution in [0.1, 0.15) is 23.3 Å². The molecular weight excluding hydrogens is 279 g/mol. The maximum absolute atomic E-state index is 11.5. The fourth-order valence-corrected chi connectivity index (χ4v) is 1.45. The average Bonchev–Trinajstić information content (AvgIpc) is 2.25. The zero-order chi connectivity index (χ0) is 11.1. The van der Waals surface area contributed by atoms with E-state index in [0.717, 1.165) is 17.3 Å². The van der Waals surface area contributed by atoms with Crippen LogP contribution < -0.4 is 5.32 Å². The molecule has 5 heteroatoms. The van der Waals surface area contributed by atoms with Gasteiger partial charge in [0.1, 0.15) is 5.69 Å². The SMILES string of the molecule is O=C(NCCCCCl)c1ccc(Br)cn1. The van der Waals surface area contributed by atoms with Gasteiger partial charge in [0.2, 0.25) is 0 Å². The van der Waals surface area contributed by atoms with Gasteiger partial charge in [0.15, 0.2) is 0 Å². The lowest BCUT2D eigenvalue weighted by atomic mass is 10.3. The molecule has 0 saturated heterocycles. The molecule has 1 rings (SSSR count). The molecule has 0 spiro atoms. The van der Waals surface area contributed by atoms with Gasteiger partial charge in [-0.15, -0.1) is 11.6 Å². The first-order valence-electron chi connectivity index (χ1n) is 4.70. The summed E-state index contributed by atoms with van der Waals surface area (Å²) in [6, 6.07) is 3.47. The van der Waals surface area contributed by atoms with E-state index >= 15 is 0 Å². The molecule has 0 bridgehead atoms. The number of halogens is 2. The molecular formula is C10H12BrClN2O. The maximum Gasteiger partial charge on any atom is 0.269 e. The lowest BCUT2D eigenvalue weighted by molar-refractivity contribution is 0.0948. The molecule has 15 heavy (non-hydrogen) atoms. The van der Waals surface area contributed by atoms with E-state index in [4.69, 9.17) is 11.6 Å². The number of nitrogens with zero attached hydrogens (tertiary/aromatic N) is 1. The number of hydrogen-bond acceptors (Lipinski definition) is 2. The Morgan fingerprint density at radius 3 is 2.87 bits per heavy atom. The van der Waals surface area contributed by atoms with Crippen molar-refractivity contribution < 1.29 is 4.79 Å². The van der Waals surface area contributed by atoms with Gasteiger partial charge < -0.3 is 5.32 Å². The second-order valence-electron chi connectivity index (χ2n) is 3.01. The number of pyridine rings is 1. The quantitative estimate of drug-likeness (QED) is 0.669. The molecule has 0 saturated carbocycles. The number of amides is 1. The molecule has 1 N–H and O–H groups in total. The Balaban J connectivity index is 2.37. The number of carbonyl (C=O) groups excluding carboxylic acids is 1. The van der Waals surface area contributed by atoms with E-state index in [1.807, 2.05) is 0 Å². The van der Waals surface area contributed by atoms with Gasteiger partial charge in [-0.3, -0.25) is 4.79 Å². The smallest absolute Gasteiger partial charge is 0.269 e. The van der Waals surface area contributed by atoms with E-state index in [0.29, 0.717) is 18.1 Å². The molecule has 0 atom stereocenters. The van der Waals surface area contributed by atoms with Crippen LogP contribution in [-0.4, -0.2) is 23.3 Å². The molecule has 0 fully saturated rings. The van der Waals surface area contributed by atoms with Crippen molar-refractivity contribution in [1.82, 2.24) is 10.3 Å². The monoisotopic (exact) mass is 290 g/mol. The van der Waals surface area contributed by atoms with Crippen LogP contribution in [0.15, 0.2) is 22.8 Å². The van der Waals surface area contributed by atoms with Crippen molar-refractivity contribution >= 4 is 33.4 Å². The number of alkyl halides is 1. The number of carbonyl (C=O) groups is 1. The fourth-order valence-electron chi connectivity index (χ4n) is 1.02. The van der Waals surface area contributed by atoms with Crippen LogP contribution in [-0.2, 0) is 0 Å². The first-order valence-corrected chi connectivity index (χ1v) is 6.02. The van der Waals surface area contributed by atoms with Gasteiger partial charge in [-0.25, -0.2) is 4.98 Å². The maximum atomic E-state index is 11.5. The number of nitrogens with one attached hydrogen (secondary N) is 1. The molecule has 1 amide bonds. The minimum Gasteiger partial charge on any atom is -0.351 e. The summed E-state index contributed by atoms with van der Waals surface area (Å²) in [5.41, 5.74) is 0.434. The number of rotatable bonds is 5. The summed E-state index contributed by atoms with van der Waals surface area (Å²) in [5.74, 6) is 0.490. The Bertz CT molecular complexity index is 316. The average molecular weight is 292 g/mol. The van der Waals surface area contributed by atoms with E-state index < -0.39 is 0 Å². The molecule has 1 aromatic rings. The Hall–Kier alpha value is -0.610. The molecule has 82 valence electrons. The van der Waals surface area contributed by atoms with Crippen LogP contribution >= 0.6 is 27.5 Å².